The van der Waals surface area contributed by atoms with Gasteiger partial charge in [0.05, 0.1) is 26.1 Å². The van der Waals surface area contributed by atoms with Crippen molar-refractivity contribution in [1.82, 2.24) is 87.2 Å². The van der Waals surface area contributed by atoms with Gasteiger partial charge in [0.2, 0.25) is 94.5 Å². The van der Waals surface area contributed by atoms with Crippen LogP contribution in [0.25, 0.3) is 21.8 Å². The molecular formula is C96H137BN20O21S. The van der Waals surface area contributed by atoms with Crippen molar-refractivity contribution in [3.8, 4) is 5.75 Å². The SMILES string of the molecule is CCCC[C@@H](C(=O)N(C)[C@@H](CCCC)C(=O)N[C@@H](CC(C)C)C(=O)N[C@@H](CSCC(N)CC)C(=O)NCC(N)=O)N(C)C(=O)[C@H](Cc1cn(CC(=O)O)c2ccccc12)NC(=O)CNC(=O)[C@H](Cc1c[nH]c2ccccc12)NC(=O)C1CCCN1C(=O)CNC(=O)[C@H](CNCc1cc(C)c(B(O)O)c(C)c1)NC(=O)C1CCCN1C(=O)[C@H](CC(N)=O)NC(=O)[C@H](C)N(C)C(=O)CCc1ccc(O)cc1. The summed E-state index contributed by atoms with van der Waals surface area (Å²) in [5.74, 6) is -13.5. The minimum Gasteiger partial charge on any atom is -0.508 e. The molecule has 3 unspecified atom stereocenters. The van der Waals surface area contributed by atoms with Crippen LogP contribution in [-0.4, -0.2) is 306 Å². The Hall–Kier alpha value is -13.0. The van der Waals surface area contributed by atoms with Crippen LogP contribution in [0.1, 0.15) is 165 Å². The number of aromatic amines is 1. The first kappa shape index (κ1) is 111. The normalized spacial score (nSPS) is 15.7. The van der Waals surface area contributed by atoms with E-state index in [0.29, 0.717) is 87.5 Å². The number of benzene rings is 4. The number of carboxylic acid groups (broad SMARTS) is 1. The number of thioether (sulfide) groups is 1. The molecule has 12 atom stereocenters. The third-order valence-electron chi connectivity index (χ3n) is 25.1. The Labute approximate surface area is 813 Å². The summed E-state index contributed by atoms with van der Waals surface area (Å²) < 4.78 is 1.46. The van der Waals surface area contributed by atoms with Gasteiger partial charge < -0.3 is 125 Å². The van der Waals surface area contributed by atoms with E-state index < -0.39 is 207 Å². The lowest BCUT2D eigenvalue weighted by atomic mass is 9.74. The lowest BCUT2D eigenvalue weighted by Gasteiger charge is -2.36. The maximum absolute atomic E-state index is 15.7. The van der Waals surface area contributed by atoms with Gasteiger partial charge in [-0.2, -0.15) is 11.8 Å². The van der Waals surface area contributed by atoms with E-state index in [0.717, 1.165) is 10.5 Å². The van der Waals surface area contributed by atoms with Gasteiger partial charge in [-0.05, 0) is 136 Å². The predicted molar refractivity (Wildman–Crippen MR) is 522 cm³/mol. The zero-order valence-electron chi connectivity index (χ0n) is 81.0. The Morgan fingerprint density at radius 3 is 1.78 bits per heavy atom. The molecule has 2 aliphatic rings. The molecule has 2 saturated heterocycles. The number of aromatic nitrogens is 2. The number of fused-ring (bicyclic) bond motifs is 2. The van der Waals surface area contributed by atoms with E-state index in [-0.39, 0.29) is 126 Å². The first-order valence-electron chi connectivity index (χ1n) is 47.3. The van der Waals surface area contributed by atoms with E-state index in [1.165, 1.54) is 82.3 Å². The van der Waals surface area contributed by atoms with Gasteiger partial charge >= 0.3 is 13.1 Å². The standard InChI is InChI=1S/C96H137BN20O21S/c1-12-15-26-75(91(131)107-68(39-55(4)5)90(130)111-73(54-139-53-63(98)14-3)89(129)103-48-80(100)120)113(10)96(136)78(27-16-13-2)114(11)94(134)70(43-62-51-115(52-84(124)125)74-28-20-18-24-66(62)74)106-81(121)49-104-87(127)69(42-61-46-102-67-25-19-17-23-65(61)67)108-92(132)76-29-21-37-116(76)83(123)50-105-88(128)72(47-101-45-60-40-56(6)85(97(137)138)57(7)41-60)110-93(133)77-30-22-38-117(77)95(135)71(44-79(99)119)109-86(126)58(8)112(9)82(122)36-33-59-31-34-64(118)35-32-59/h17-20,23-25,28,31-32,34-35,40-41,46,51,55,58,63,68-73,75-78,101-102,118,137-138H,12-16,21-22,26-27,29-30,33,36-39,42-45,47-50,52-54,98H2,1-11H3,(H2,99,119)(H2,100,120)(H,103,129)(H,104,127)(H,105,128)(H,106,121)(H,107,131)(H,108,132)(H,109,126)(H,110,133)(H,111,130)(H,124,125)/t58-,63?,68-,69-,70-,71-,72-,73-,75-,76?,77?,78-/m0/s1. The number of unbranched alkanes of at least 4 members (excludes halogenated alkanes) is 2. The molecule has 41 nitrogen and oxygen atoms in total. The van der Waals surface area contributed by atoms with Gasteiger partial charge in [0.15, 0.2) is 0 Å². The quantitative estimate of drug-likeness (QED) is 0.0212. The highest BCUT2D eigenvalue weighted by Gasteiger charge is 2.44. The minimum atomic E-state index is -1.77. The van der Waals surface area contributed by atoms with Crippen LogP contribution in [0.5, 0.6) is 5.75 Å². The van der Waals surface area contributed by atoms with Crippen molar-refractivity contribution in [2.24, 2.45) is 23.1 Å². The predicted octanol–water partition coefficient (Wildman–Crippen LogP) is -0.585. The maximum Gasteiger partial charge on any atom is 0.488 e. The van der Waals surface area contributed by atoms with Crippen molar-refractivity contribution in [3.63, 3.8) is 0 Å². The van der Waals surface area contributed by atoms with Crippen LogP contribution < -0.4 is 75.8 Å². The summed E-state index contributed by atoms with van der Waals surface area (Å²) in [6, 6.07) is 8.51. The largest absolute Gasteiger partial charge is 0.508 e. The molecule has 2 aromatic heterocycles. The second kappa shape index (κ2) is 53.8. The number of primary amides is 2. The molecule has 8 rings (SSSR count). The number of aryl methyl sites for hydroxylation is 3. The number of H-pyrrole nitrogens is 1. The summed E-state index contributed by atoms with van der Waals surface area (Å²) >= 11 is 1.31. The fraction of sp³-hybridized carbons (Fsp3) is 0.531. The zero-order chi connectivity index (χ0) is 102. The number of nitrogens with one attached hydrogen (secondary N) is 11. The van der Waals surface area contributed by atoms with Crippen molar-refractivity contribution in [2.45, 2.75) is 250 Å². The number of aliphatic carboxylic acids is 1. The highest BCUT2D eigenvalue weighted by molar-refractivity contribution is 7.99. The van der Waals surface area contributed by atoms with Crippen LogP contribution in [0.4, 0.5) is 0 Å². The summed E-state index contributed by atoms with van der Waals surface area (Å²) in [6.45, 7) is 11.2. The number of amides is 16. The van der Waals surface area contributed by atoms with Crippen LogP contribution in [0.3, 0.4) is 0 Å². The van der Waals surface area contributed by atoms with Crippen molar-refractivity contribution >= 4 is 147 Å². The first-order valence-corrected chi connectivity index (χ1v) is 48.4. The summed E-state index contributed by atoms with van der Waals surface area (Å²) in [7, 11) is 2.41. The highest BCUT2D eigenvalue weighted by atomic mass is 32.2. The Balaban J connectivity index is 1.00. The average Bonchev–Trinajstić information content (AvgIpc) is 1.64. The third kappa shape index (κ3) is 32.3. The zero-order valence-corrected chi connectivity index (χ0v) is 81.8. The molecule has 0 saturated carbocycles. The molecule has 4 heterocycles. The molecule has 139 heavy (non-hydrogen) atoms. The van der Waals surface area contributed by atoms with Crippen molar-refractivity contribution < 1.29 is 102 Å². The number of phenols is 1. The molecule has 0 aliphatic carbocycles. The lowest BCUT2D eigenvalue weighted by molar-refractivity contribution is -0.149. The number of hydrogen-bond donors (Lipinski definition) is 18. The molecule has 21 N–H and O–H groups in total. The molecule has 2 fully saturated rings. The lowest BCUT2D eigenvalue weighted by Crippen LogP contribution is -2.60. The number of likely N-dealkylation sites (N-methyl/N-ethyl adjacent to an activating group) is 3. The van der Waals surface area contributed by atoms with E-state index >= 15 is 14.4 Å². The molecular weight excluding hydrogens is 1810 g/mol. The summed E-state index contributed by atoms with van der Waals surface area (Å²) in [5, 5.41) is 68.4. The molecule has 16 amide bonds. The van der Waals surface area contributed by atoms with E-state index in [9.17, 15) is 87.4 Å². The number of likely N-dealkylation sites (tertiary alicyclic amines) is 2. The van der Waals surface area contributed by atoms with Crippen LogP contribution in [0, 0.1) is 19.8 Å². The number of aromatic hydroxyl groups is 1. The fourth-order valence-corrected chi connectivity index (χ4v) is 18.4. The number of nitrogens with zero attached hydrogens (tertiary/aromatic N) is 6. The number of hydrogen-bond acceptors (Lipinski definition) is 23. The number of carbonyl (C=O) groups is 17. The van der Waals surface area contributed by atoms with Gasteiger partial charge in [-0.15, -0.1) is 0 Å². The van der Waals surface area contributed by atoms with Crippen LogP contribution >= 0.6 is 11.8 Å². The number of nitrogens with two attached hydrogens (primary N) is 3. The van der Waals surface area contributed by atoms with E-state index in [2.05, 4.69) is 58.2 Å². The molecule has 756 valence electrons. The Bertz CT molecular complexity index is 5320. The van der Waals surface area contributed by atoms with E-state index in [1.54, 1.807) is 92.8 Å². The molecule has 4 aromatic carbocycles. The van der Waals surface area contributed by atoms with Crippen LogP contribution in [0.15, 0.2) is 97.3 Å². The number of carboxylic acids is 1. The van der Waals surface area contributed by atoms with E-state index in [4.69, 9.17) is 17.2 Å². The number of para-hydroxylation sites is 2. The molecule has 6 aromatic rings. The monoisotopic (exact) mass is 1950 g/mol. The average molecular weight is 1950 g/mol. The summed E-state index contributed by atoms with van der Waals surface area (Å²) in [5.41, 5.74) is 22.0. The third-order valence-corrected chi connectivity index (χ3v) is 26.3. The highest BCUT2D eigenvalue weighted by Crippen LogP contribution is 2.28. The second-order valence-corrected chi connectivity index (χ2v) is 37.2. The van der Waals surface area contributed by atoms with Gasteiger partial charge in [-0.1, -0.05) is 132 Å². The van der Waals surface area contributed by atoms with Gasteiger partial charge in [0.25, 0.3) is 0 Å². The Kier molecular flexibility index (Phi) is 43.1. The molecule has 0 bridgehead atoms. The molecule has 2 aliphatic heterocycles. The Morgan fingerprint density at radius 1 is 0.583 bits per heavy atom. The van der Waals surface area contributed by atoms with E-state index in [1.807, 2.05) is 34.6 Å². The smallest absolute Gasteiger partial charge is 0.488 e. The fourth-order valence-electron chi connectivity index (χ4n) is 17.3. The number of carbonyl (C=O) groups excluding carboxylic acids is 16. The second-order valence-electron chi connectivity index (χ2n) is 36.2. The minimum absolute atomic E-state index is 0.00160. The molecule has 0 spiro atoms. The number of rotatable bonds is 55. The van der Waals surface area contributed by atoms with Gasteiger partial charge in [-0.3, -0.25) is 81.5 Å². The van der Waals surface area contributed by atoms with Crippen LogP contribution in [0.2, 0.25) is 0 Å². The van der Waals surface area contributed by atoms with Crippen LogP contribution in [-0.2, 0) is 114 Å². The van der Waals surface area contributed by atoms with Gasteiger partial charge in [-0.25, -0.2) is 0 Å². The maximum atomic E-state index is 15.7. The summed E-state index contributed by atoms with van der Waals surface area (Å²) in [4.78, 5) is 250. The van der Waals surface area contributed by atoms with Crippen molar-refractivity contribution in [2.75, 3.05) is 71.9 Å². The Morgan fingerprint density at radius 2 is 1.15 bits per heavy atom. The van der Waals surface area contributed by atoms with Crippen molar-refractivity contribution in [1.29, 1.82) is 0 Å². The first-order chi connectivity index (χ1) is 66.0. The molecule has 0 radical (unpaired) electrons. The summed E-state index contributed by atoms with van der Waals surface area (Å²) in [6.07, 6.45) is 5.69. The van der Waals surface area contributed by atoms with Crippen molar-refractivity contribution in [3.05, 3.63) is 131 Å². The van der Waals surface area contributed by atoms with Gasteiger partial charge in [0.1, 0.15) is 78.8 Å². The topological polar surface area (TPSA) is 606 Å². The molecule has 43 heteroatoms. The number of phenolic OH excluding ortho intramolecular Hbond substituents is 1. The van der Waals surface area contributed by atoms with Gasteiger partial charge in [0, 0.05) is 118 Å².